The van der Waals surface area contributed by atoms with E-state index in [1.54, 1.807) is 41.9 Å². The van der Waals surface area contributed by atoms with Gasteiger partial charge in [0.1, 0.15) is 5.75 Å². The second kappa shape index (κ2) is 9.27. The van der Waals surface area contributed by atoms with Crippen LogP contribution in [0.3, 0.4) is 0 Å². The minimum absolute atomic E-state index is 0.0393. The summed E-state index contributed by atoms with van der Waals surface area (Å²) in [6, 6.07) is 12.2. The molecule has 0 saturated heterocycles. The van der Waals surface area contributed by atoms with E-state index in [0.29, 0.717) is 11.6 Å². The number of hydrazine groups is 1. The number of hydrogen-bond acceptors (Lipinski definition) is 5. The third-order valence-corrected chi connectivity index (χ3v) is 4.85. The first kappa shape index (κ1) is 21.8. The normalized spacial score (nSPS) is 11.6. The van der Waals surface area contributed by atoms with Gasteiger partial charge in [-0.1, -0.05) is 33.6 Å². The number of carbonyl (C=O) groups is 2. The van der Waals surface area contributed by atoms with Crippen molar-refractivity contribution in [3.63, 3.8) is 0 Å². The van der Waals surface area contributed by atoms with Crippen LogP contribution in [-0.4, -0.2) is 32.7 Å². The van der Waals surface area contributed by atoms with E-state index in [4.69, 9.17) is 16.3 Å². The highest BCUT2D eigenvalue weighted by molar-refractivity contribution is 9.10. The molecule has 3 rings (SSSR count). The third-order valence-electron chi connectivity index (χ3n) is 4.05. The first-order valence-electron chi connectivity index (χ1n) is 8.97. The molecule has 0 spiro atoms. The molecular formula is C20H19BrClN5O3. The maximum absolute atomic E-state index is 12.5. The Morgan fingerprint density at radius 2 is 1.93 bits per heavy atom. The molecule has 1 aromatic carbocycles. The van der Waals surface area contributed by atoms with Crippen molar-refractivity contribution < 1.29 is 14.3 Å². The number of rotatable bonds is 5. The van der Waals surface area contributed by atoms with Gasteiger partial charge >= 0.3 is 0 Å². The molecule has 2 aromatic heterocycles. The van der Waals surface area contributed by atoms with Gasteiger partial charge in [0.15, 0.2) is 17.6 Å². The van der Waals surface area contributed by atoms with Crippen LogP contribution in [0.4, 0.5) is 0 Å². The smallest absolute Gasteiger partial charge is 0.289 e. The van der Waals surface area contributed by atoms with Crippen LogP contribution in [0.25, 0.3) is 5.82 Å². The number of pyridine rings is 1. The highest BCUT2D eigenvalue weighted by Gasteiger charge is 2.19. The standard InChI is InChI=1S/C20H19BrClN5O3/c1-11-9-12(2)27(26-11)17-8-7-16(22)18(23-17)20(29)25-24-19(28)13(3)30-15-6-4-5-14(21)10-15/h4-10,13H,1-3H3,(H,24,28)(H,25,29). The molecule has 0 bridgehead atoms. The molecule has 1 atom stereocenters. The Balaban J connectivity index is 1.66. The van der Waals surface area contributed by atoms with Gasteiger partial charge in [0.05, 0.1) is 10.7 Å². The molecule has 0 aliphatic rings. The fourth-order valence-electron chi connectivity index (χ4n) is 2.65. The van der Waals surface area contributed by atoms with E-state index < -0.39 is 17.9 Å². The Kier molecular flexibility index (Phi) is 6.73. The van der Waals surface area contributed by atoms with E-state index in [1.807, 2.05) is 26.0 Å². The van der Waals surface area contributed by atoms with E-state index in [9.17, 15) is 9.59 Å². The number of benzene rings is 1. The molecule has 0 aliphatic carbocycles. The number of nitrogens with one attached hydrogen (secondary N) is 2. The largest absolute Gasteiger partial charge is 0.481 e. The van der Waals surface area contributed by atoms with Gasteiger partial charge < -0.3 is 4.74 Å². The van der Waals surface area contributed by atoms with Crippen LogP contribution in [0.1, 0.15) is 28.8 Å². The van der Waals surface area contributed by atoms with Crippen LogP contribution >= 0.6 is 27.5 Å². The second-order valence-corrected chi connectivity index (χ2v) is 7.82. The Morgan fingerprint density at radius 3 is 2.60 bits per heavy atom. The molecule has 8 nitrogen and oxygen atoms in total. The van der Waals surface area contributed by atoms with Crippen molar-refractivity contribution in [3.05, 3.63) is 69.0 Å². The fraction of sp³-hybridized carbons (Fsp3) is 0.200. The summed E-state index contributed by atoms with van der Waals surface area (Å²) in [6.07, 6.45) is -0.843. The quantitative estimate of drug-likeness (QED) is 0.531. The zero-order valence-corrected chi connectivity index (χ0v) is 18.8. The number of aromatic nitrogens is 3. The van der Waals surface area contributed by atoms with Gasteiger partial charge in [-0.3, -0.25) is 20.4 Å². The number of carbonyl (C=O) groups excluding carboxylic acids is 2. The molecule has 2 amide bonds. The van der Waals surface area contributed by atoms with E-state index in [-0.39, 0.29) is 10.7 Å². The van der Waals surface area contributed by atoms with Gasteiger partial charge in [-0.2, -0.15) is 5.10 Å². The van der Waals surface area contributed by atoms with Crippen LogP contribution in [-0.2, 0) is 4.79 Å². The van der Waals surface area contributed by atoms with Gasteiger partial charge in [-0.15, -0.1) is 0 Å². The highest BCUT2D eigenvalue weighted by atomic mass is 79.9. The molecule has 10 heteroatoms. The van der Waals surface area contributed by atoms with Crippen molar-refractivity contribution >= 4 is 39.3 Å². The highest BCUT2D eigenvalue weighted by Crippen LogP contribution is 2.19. The van der Waals surface area contributed by atoms with Crippen molar-refractivity contribution in [2.45, 2.75) is 26.9 Å². The molecular weight excluding hydrogens is 474 g/mol. The average molecular weight is 493 g/mol. The molecule has 0 aliphatic heterocycles. The fourth-order valence-corrected chi connectivity index (χ4v) is 3.22. The summed E-state index contributed by atoms with van der Waals surface area (Å²) >= 11 is 9.47. The molecule has 0 saturated carbocycles. The Hall–Kier alpha value is -2.91. The predicted octanol–water partition coefficient (Wildman–Crippen LogP) is 3.53. The number of ether oxygens (including phenoxy) is 1. The lowest BCUT2D eigenvalue weighted by molar-refractivity contribution is -0.128. The summed E-state index contributed by atoms with van der Waals surface area (Å²) in [5, 5.41) is 4.49. The molecule has 1 unspecified atom stereocenters. The first-order chi connectivity index (χ1) is 14.2. The van der Waals surface area contributed by atoms with Gasteiger partial charge in [0, 0.05) is 10.2 Å². The van der Waals surface area contributed by atoms with E-state index in [1.165, 1.54) is 0 Å². The summed E-state index contributed by atoms with van der Waals surface area (Å²) < 4.78 is 7.99. The van der Waals surface area contributed by atoms with Crippen LogP contribution < -0.4 is 15.6 Å². The first-order valence-corrected chi connectivity index (χ1v) is 10.1. The van der Waals surface area contributed by atoms with Crippen LogP contribution in [0.15, 0.2) is 46.9 Å². The second-order valence-electron chi connectivity index (χ2n) is 6.50. The van der Waals surface area contributed by atoms with Crippen molar-refractivity contribution in [1.82, 2.24) is 25.6 Å². The minimum Gasteiger partial charge on any atom is -0.481 e. The lowest BCUT2D eigenvalue weighted by atomic mass is 10.3. The van der Waals surface area contributed by atoms with Gasteiger partial charge in [-0.25, -0.2) is 9.67 Å². The number of halogens is 2. The van der Waals surface area contributed by atoms with Gasteiger partial charge in [0.25, 0.3) is 11.8 Å². The molecule has 0 fully saturated rings. The molecule has 2 N–H and O–H groups in total. The topological polar surface area (TPSA) is 98.1 Å². The Bertz CT molecular complexity index is 1100. The Labute approximate surface area is 186 Å². The van der Waals surface area contributed by atoms with Gasteiger partial charge in [0.2, 0.25) is 0 Å². The number of amides is 2. The van der Waals surface area contributed by atoms with Crippen molar-refractivity contribution in [3.8, 4) is 11.6 Å². The number of hydrogen-bond donors (Lipinski definition) is 2. The lowest BCUT2D eigenvalue weighted by Gasteiger charge is -2.15. The lowest BCUT2D eigenvalue weighted by Crippen LogP contribution is -2.47. The molecule has 156 valence electrons. The van der Waals surface area contributed by atoms with E-state index >= 15 is 0 Å². The van der Waals surface area contributed by atoms with Crippen LogP contribution in [0.5, 0.6) is 5.75 Å². The summed E-state index contributed by atoms with van der Waals surface area (Å²) in [6.45, 7) is 5.31. The third kappa shape index (κ3) is 5.17. The van der Waals surface area contributed by atoms with Gasteiger partial charge in [-0.05, 0) is 57.2 Å². The number of nitrogens with zero attached hydrogens (tertiary/aromatic N) is 3. The monoisotopic (exact) mass is 491 g/mol. The Morgan fingerprint density at radius 1 is 1.17 bits per heavy atom. The van der Waals surface area contributed by atoms with Crippen LogP contribution in [0.2, 0.25) is 5.02 Å². The van der Waals surface area contributed by atoms with Crippen LogP contribution in [0, 0.1) is 13.8 Å². The number of aryl methyl sites for hydroxylation is 2. The summed E-state index contributed by atoms with van der Waals surface area (Å²) in [4.78, 5) is 29.1. The SMILES string of the molecule is Cc1cc(C)n(-c2ccc(Cl)c(C(=O)NNC(=O)C(C)Oc3cccc(Br)c3)n2)n1. The predicted molar refractivity (Wildman–Crippen MR) is 116 cm³/mol. The average Bonchev–Trinajstić information content (AvgIpc) is 3.04. The maximum atomic E-state index is 12.5. The van der Waals surface area contributed by atoms with E-state index in [2.05, 4.69) is 36.9 Å². The molecule has 3 aromatic rings. The zero-order valence-electron chi connectivity index (χ0n) is 16.4. The van der Waals surface area contributed by atoms with Crippen molar-refractivity contribution in [2.24, 2.45) is 0 Å². The molecule has 0 radical (unpaired) electrons. The summed E-state index contributed by atoms with van der Waals surface area (Å²) in [7, 11) is 0. The molecule has 30 heavy (non-hydrogen) atoms. The minimum atomic E-state index is -0.843. The zero-order chi connectivity index (χ0) is 21.8. The van der Waals surface area contributed by atoms with Crippen molar-refractivity contribution in [2.75, 3.05) is 0 Å². The van der Waals surface area contributed by atoms with E-state index in [0.717, 1.165) is 15.9 Å². The maximum Gasteiger partial charge on any atom is 0.289 e. The summed E-state index contributed by atoms with van der Waals surface area (Å²) in [5.41, 5.74) is 6.28. The summed E-state index contributed by atoms with van der Waals surface area (Å²) in [5.74, 6) is -0.242. The molecule has 2 heterocycles. The van der Waals surface area contributed by atoms with Crippen molar-refractivity contribution in [1.29, 1.82) is 0 Å².